The van der Waals surface area contributed by atoms with Gasteiger partial charge in [0.2, 0.25) is 0 Å². The summed E-state index contributed by atoms with van der Waals surface area (Å²) in [5.41, 5.74) is 0. The number of rotatable bonds is 5. The molecule has 0 aromatic carbocycles. The first-order chi connectivity index (χ1) is 5.70. The summed E-state index contributed by atoms with van der Waals surface area (Å²) in [5.74, 6) is 0.434. The lowest BCUT2D eigenvalue weighted by Crippen LogP contribution is -2.02. The zero-order valence-corrected chi connectivity index (χ0v) is 7.34. The van der Waals surface area contributed by atoms with Crippen molar-refractivity contribution in [2.45, 2.75) is 26.2 Å². The van der Waals surface area contributed by atoms with E-state index in [2.05, 4.69) is 29.6 Å². The highest BCUT2D eigenvalue weighted by atomic mass is 16.7. The van der Waals surface area contributed by atoms with Crippen LogP contribution in [0.5, 0.6) is 0 Å². The lowest BCUT2D eigenvalue weighted by molar-refractivity contribution is 0.108. The molecule has 0 bridgehead atoms. The van der Waals surface area contributed by atoms with Gasteiger partial charge in [-0.2, -0.15) is 0 Å². The molecule has 68 valence electrons. The van der Waals surface area contributed by atoms with Gasteiger partial charge in [0.25, 0.3) is 0 Å². The number of ether oxygens (including phenoxy) is 2. The van der Waals surface area contributed by atoms with Crippen LogP contribution in [0.3, 0.4) is 0 Å². The zero-order valence-electron chi connectivity index (χ0n) is 7.34. The highest BCUT2D eigenvalue weighted by Gasteiger charge is 2.03. The molecule has 0 heterocycles. The largest absolute Gasteiger partial charge is 0.518 e. The van der Waals surface area contributed by atoms with Crippen molar-refractivity contribution in [2.75, 3.05) is 0 Å². The number of hydrogen-bond donors (Lipinski definition) is 0. The minimum Gasteiger partial charge on any atom is -0.403 e. The van der Waals surface area contributed by atoms with E-state index in [0.717, 1.165) is 19.1 Å². The van der Waals surface area contributed by atoms with Crippen LogP contribution in [0.25, 0.3) is 0 Å². The van der Waals surface area contributed by atoms with E-state index >= 15 is 0 Å². The van der Waals surface area contributed by atoms with Crippen LogP contribution < -0.4 is 0 Å². The van der Waals surface area contributed by atoms with Gasteiger partial charge in [0.1, 0.15) is 5.76 Å². The molecule has 0 aromatic rings. The van der Waals surface area contributed by atoms with Crippen molar-refractivity contribution in [1.82, 2.24) is 0 Å². The SMILES string of the molecule is C=COC(=O)OC(=C)CCCC. The number of carbonyl (C=O) groups is 1. The molecule has 0 aromatic heterocycles. The number of hydrogen-bond acceptors (Lipinski definition) is 3. The van der Waals surface area contributed by atoms with Crippen LogP contribution in [0, 0.1) is 0 Å². The first kappa shape index (κ1) is 10.8. The summed E-state index contributed by atoms with van der Waals surface area (Å²) in [5, 5.41) is 0. The predicted octanol–water partition coefficient (Wildman–Crippen LogP) is 2.99. The van der Waals surface area contributed by atoms with Crippen molar-refractivity contribution in [3.63, 3.8) is 0 Å². The molecule has 0 atom stereocenters. The fraction of sp³-hybridized carbons (Fsp3) is 0.444. The lowest BCUT2D eigenvalue weighted by Gasteiger charge is -2.03. The van der Waals surface area contributed by atoms with E-state index in [1.165, 1.54) is 0 Å². The van der Waals surface area contributed by atoms with Crippen molar-refractivity contribution in [1.29, 1.82) is 0 Å². The summed E-state index contributed by atoms with van der Waals surface area (Å²) < 4.78 is 9.00. The van der Waals surface area contributed by atoms with E-state index in [1.54, 1.807) is 0 Å². The van der Waals surface area contributed by atoms with Crippen LogP contribution in [0.4, 0.5) is 4.79 Å². The zero-order chi connectivity index (χ0) is 9.40. The number of unbranched alkanes of at least 4 members (excludes halogenated alkanes) is 1. The van der Waals surface area contributed by atoms with Crippen LogP contribution in [-0.4, -0.2) is 6.16 Å². The molecule has 12 heavy (non-hydrogen) atoms. The molecule has 0 amide bonds. The van der Waals surface area contributed by atoms with E-state index in [9.17, 15) is 4.79 Å². The third-order valence-corrected chi connectivity index (χ3v) is 1.22. The van der Waals surface area contributed by atoms with Gasteiger partial charge in [-0.25, -0.2) is 4.79 Å². The van der Waals surface area contributed by atoms with Crippen molar-refractivity contribution >= 4 is 6.16 Å². The summed E-state index contributed by atoms with van der Waals surface area (Å²) in [6.45, 7) is 8.83. The summed E-state index contributed by atoms with van der Waals surface area (Å²) in [4.78, 5) is 10.6. The fourth-order valence-corrected chi connectivity index (χ4v) is 0.635. The molecular formula is C9H14O3. The maximum absolute atomic E-state index is 10.6. The van der Waals surface area contributed by atoms with Crippen LogP contribution in [0.2, 0.25) is 0 Å². The average Bonchev–Trinajstić information content (AvgIpc) is 2.01. The molecule has 3 heteroatoms. The second-order valence-corrected chi connectivity index (χ2v) is 2.28. The van der Waals surface area contributed by atoms with Crippen LogP contribution in [0.15, 0.2) is 25.2 Å². The van der Waals surface area contributed by atoms with Gasteiger partial charge in [-0.3, -0.25) is 0 Å². The smallest absolute Gasteiger partial charge is 0.403 e. The van der Waals surface area contributed by atoms with Gasteiger partial charge in [-0.1, -0.05) is 26.5 Å². The minimum absolute atomic E-state index is 0.434. The van der Waals surface area contributed by atoms with E-state index in [4.69, 9.17) is 0 Å². The third-order valence-electron chi connectivity index (χ3n) is 1.22. The summed E-state index contributed by atoms with van der Waals surface area (Å²) >= 11 is 0. The molecule has 0 aliphatic carbocycles. The van der Waals surface area contributed by atoms with Gasteiger partial charge in [0, 0.05) is 6.42 Å². The Bertz CT molecular complexity index is 173. The van der Waals surface area contributed by atoms with Crippen LogP contribution in [-0.2, 0) is 9.47 Å². The van der Waals surface area contributed by atoms with Crippen molar-refractivity contribution in [2.24, 2.45) is 0 Å². The van der Waals surface area contributed by atoms with Gasteiger partial charge < -0.3 is 9.47 Å². The highest BCUT2D eigenvalue weighted by molar-refractivity contribution is 5.61. The molecule has 0 aliphatic rings. The molecule has 0 fully saturated rings. The normalized spacial score (nSPS) is 8.75. The van der Waals surface area contributed by atoms with Crippen molar-refractivity contribution < 1.29 is 14.3 Å². The molecule has 0 N–H and O–H groups in total. The van der Waals surface area contributed by atoms with E-state index < -0.39 is 6.16 Å². The lowest BCUT2D eigenvalue weighted by atomic mass is 10.2. The van der Waals surface area contributed by atoms with Gasteiger partial charge in [-0.05, 0) is 6.42 Å². The predicted molar refractivity (Wildman–Crippen MR) is 46.4 cm³/mol. The standard InChI is InChI=1S/C9H14O3/c1-4-6-7-8(3)12-9(10)11-5-2/h5H,2-4,6-7H2,1H3. The van der Waals surface area contributed by atoms with Gasteiger partial charge in [-0.15, -0.1) is 0 Å². The Balaban J connectivity index is 3.54. The molecule has 0 radical (unpaired) electrons. The molecule has 0 saturated carbocycles. The second-order valence-electron chi connectivity index (χ2n) is 2.28. The molecule has 0 aliphatic heterocycles. The van der Waals surface area contributed by atoms with Crippen molar-refractivity contribution in [3.8, 4) is 0 Å². The van der Waals surface area contributed by atoms with E-state index in [-0.39, 0.29) is 0 Å². The summed E-state index contributed by atoms with van der Waals surface area (Å²) in [6.07, 6.45) is 2.93. The number of allylic oxidation sites excluding steroid dienone is 1. The van der Waals surface area contributed by atoms with E-state index in [1.807, 2.05) is 0 Å². The Labute approximate surface area is 72.7 Å². The molecule has 3 nitrogen and oxygen atoms in total. The Kier molecular flexibility index (Phi) is 5.79. The monoisotopic (exact) mass is 170 g/mol. The second kappa shape index (κ2) is 6.46. The maximum atomic E-state index is 10.6. The Morgan fingerprint density at radius 3 is 2.75 bits per heavy atom. The molecule has 0 saturated heterocycles. The Morgan fingerprint density at radius 1 is 1.58 bits per heavy atom. The first-order valence-electron chi connectivity index (χ1n) is 3.87. The summed E-state index contributed by atoms with van der Waals surface area (Å²) in [7, 11) is 0. The van der Waals surface area contributed by atoms with Crippen LogP contribution in [0.1, 0.15) is 26.2 Å². The van der Waals surface area contributed by atoms with Gasteiger partial charge in [0.15, 0.2) is 0 Å². The first-order valence-corrected chi connectivity index (χ1v) is 3.87. The van der Waals surface area contributed by atoms with Gasteiger partial charge in [0.05, 0.1) is 6.26 Å². The Hall–Kier alpha value is -1.25. The minimum atomic E-state index is -0.772. The molecular weight excluding hydrogens is 156 g/mol. The third kappa shape index (κ3) is 5.53. The molecule has 0 unspecified atom stereocenters. The highest BCUT2D eigenvalue weighted by Crippen LogP contribution is 2.07. The maximum Gasteiger partial charge on any atom is 0.518 e. The van der Waals surface area contributed by atoms with E-state index in [0.29, 0.717) is 12.2 Å². The van der Waals surface area contributed by atoms with Gasteiger partial charge >= 0.3 is 6.16 Å². The average molecular weight is 170 g/mol. The Morgan fingerprint density at radius 2 is 2.25 bits per heavy atom. The number of carbonyl (C=O) groups excluding carboxylic acids is 1. The fourth-order valence-electron chi connectivity index (χ4n) is 0.635. The molecule has 0 rings (SSSR count). The van der Waals surface area contributed by atoms with Crippen molar-refractivity contribution in [3.05, 3.63) is 25.2 Å². The summed E-state index contributed by atoms with van der Waals surface area (Å²) in [6, 6.07) is 0. The molecule has 0 spiro atoms. The topological polar surface area (TPSA) is 35.5 Å². The quantitative estimate of drug-likeness (QED) is 0.470. The van der Waals surface area contributed by atoms with Crippen LogP contribution >= 0.6 is 0 Å².